The van der Waals surface area contributed by atoms with Gasteiger partial charge in [-0.25, -0.2) is 4.39 Å². The lowest BCUT2D eigenvalue weighted by Gasteiger charge is -2.14. The van der Waals surface area contributed by atoms with Gasteiger partial charge >= 0.3 is 0 Å². The van der Waals surface area contributed by atoms with Crippen LogP contribution in [0.1, 0.15) is 48.5 Å². The van der Waals surface area contributed by atoms with Gasteiger partial charge in [-0.05, 0) is 59.7 Å². The molecule has 1 amide bonds. The molecule has 2 nitrogen and oxygen atoms in total. The highest BCUT2D eigenvalue weighted by Crippen LogP contribution is 2.30. The van der Waals surface area contributed by atoms with Crippen LogP contribution in [0.5, 0.6) is 0 Å². The Hall–Kier alpha value is -2.16. The number of carbonyl (C=O) groups excluding carboxylic acids is 1. The van der Waals surface area contributed by atoms with E-state index in [1.165, 1.54) is 6.07 Å². The molecular weight excluding hydrogens is 277 g/mol. The van der Waals surface area contributed by atoms with Crippen molar-refractivity contribution in [2.45, 2.75) is 38.6 Å². The van der Waals surface area contributed by atoms with Gasteiger partial charge in [0.2, 0.25) is 0 Å². The zero-order valence-electron chi connectivity index (χ0n) is 12.9. The molecule has 1 fully saturated rings. The number of nitrogens with one attached hydrogen (secondary N) is 1. The molecule has 22 heavy (non-hydrogen) atoms. The van der Waals surface area contributed by atoms with Crippen LogP contribution in [0.3, 0.4) is 0 Å². The lowest BCUT2D eigenvalue weighted by Crippen LogP contribution is -2.25. The molecule has 2 aromatic rings. The topological polar surface area (TPSA) is 29.1 Å². The first-order chi connectivity index (χ1) is 10.5. The van der Waals surface area contributed by atoms with E-state index in [-0.39, 0.29) is 11.7 Å². The van der Waals surface area contributed by atoms with Crippen LogP contribution >= 0.6 is 0 Å². The third kappa shape index (κ3) is 3.19. The Labute approximate surface area is 130 Å². The van der Waals surface area contributed by atoms with Gasteiger partial charge in [0.1, 0.15) is 5.82 Å². The monoisotopic (exact) mass is 297 g/mol. The zero-order valence-corrected chi connectivity index (χ0v) is 12.9. The maximum Gasteiger partial charge on any atom is 0.251 e. The third-order valence-corrected chi connectivity index (χ3v) is 3.99. The molecule has 0 spiro atoms. The van der Waals surface area contributed by atoms with Gasteiger partial charge in [0.15, 0.2) is 0 Å². The van der Waals surface area contributed by atoms with Crippen molar-refractivity contribution in [3.05, 3.63) is 59.4 Å². The van der Waals surface area contributed by atoms with E-state index in [4.69, 9.17) is 0 Å². The molecule has 3 rings (SSSR count). The smallest absolute Gasteiger partial charge is 0.251 e. The normalized spacial score (nSPS) is 14.2. The number of rotatable bonds is 4. The second-order valence-electron chi connectivity index (χ2n) is 6.21. The van der Waals surface area contributed by atoms with Gasteiger partial charge in [0, 0.05) is 11.6 Å². The second-order valence-corrected chi connectivity index (χ2v) is 6.21. The molecular formula is C19H20FNO. The van der Waals surface area contributed by atoms with Crippen molar-refractivity contribution in [3.8, 4) is 11.1 Å². The highest BCUT2D eigenvalue weighted by atomic mass is 19.1. The average molecular weight is 297 g/mol. The molecule has 1 aliphatic rings. The number of benzene rings is 2. The summed E-state index contributed by atoms with van der Waals surface area (Å²) in [7, 11) is 0. The van der Waals surface area contributed by atoms with Crippen LogP contribution in [0.15, 0.2) is 42.5 Å². The SMILES string of the molecule is CC(C)c1ccc(F)cc1-c1cccc(C(=O)NC2CC2)c1. The Morgan fingerprint density at radius 1 is 1.18 bits per heavy atom. The quantitative estimate of drug-likeness (QED) is 0.884. The van der Waals surface area contributed by atoms with Gasteiger partial charge < -0.3 is 5.32 Å². The van der Waals surface area contributed by atoms with E-state index in [0.29, 0.717) is 17.5 Å². The molecule has 0 atom stereocenters. The van der Waals surface area contributed by atoms with E-state index in [0.717, 1.165) is 29.5 Å². The van der Waals surface area contributed by atoms with E-state index < -0.39 is 0 Å². The highest BCUT2D eigenvalue weighted by molar-refractivity contribution is 5.96. The van der Waals surface area contributed by atoms with Crippen LogP contribution < -0.4 is 5.32 Å². The van der Waals surface area contributed by atoms with Gasteiger partial charge in [-0.15, -0.1) is 0 Å². The van der Waals surface area contributed by atoms with Crippen LogP contribution in [-0.4, -0.2) is 11.9 Å². The van der Waals surface area contributed by atoms with E-state index in [1.54, 1.807) is 12.1 Å². The molecule has 0 heterocycles. The molecule has 1 N–H and O–H groups in total. The fourth-order valence-corrected chi connectivity index (χ4v) is 2.61. The lowest BCUT2D eigenvalue weighted by atomic mass is 9.92. The highest BCUT2D eigenvalue weighted by Gasteiger charge is 2.24. The van der Waals surface area contributed by atoms with Crippen molar-refractivity contribution in [1.29, 1.82) is 0 Å². The molecule has 0 aliphatic heterocycles. The minimum Gasteiger partial charge on any atom is -0.349 e. The van der Waals surface area contributed by atoms with Crippen molar-refractivity contribution in [3.63, 3.8) is 0 Å². The first-order valence-electron chi connectivity index (χ1n) is 7.75. The van der Waals surface area contributed by atoms with E-state index in [9.17, 15) is 9.18 Å². The van der Waals surface area contributed by atoms with Crippen molar-refractivity contribution >= 4 is 5.91 Å². The summed E-state index contributed by atoms with van der Waals surface area (Å²) < 4.78 is 13.7. The molecule has 0 saturated heterocycles. The number of halogens is 1. The zero-order chi connectivity index (χ0) is 15.7. The fraction of sp³-hybridized carbons (Fsp3) is 0.316. The largest absolute Gasteiger partial charge is 0.349 e. The maximum atomic E-state index is 13.7. The Bertz CT molecular complexity index is 704. The van der Waals surface area contributed by atoms with Crippen LogP contribution in [0.4, 0.5) is 4.39 Å². The van der Waals surface area contributed by atoms with E-state index in [1.807, 2.05) is 24.3 Å². The van der Waals surface area contributed by atoms with Crippen molar-refractivity contribution in [1.82, 2.24) is 5.32 Å². The fourth-order valence-electron chi connectivity index (χ4n) is 2.61. The molecule has 0 aromatic heterocycles. The Balaban J connectivity index is 1.98. The van der Waals surface area contributed by atoms with Gasteiger partial charge in [-0.3, -0.25) is 4.79 Å². The first kappa shape index (κ1) is 14.8. The predicted molar refractivity (Wildman–Crippen MR) is 86.4 cm³/mol. The minimum absolute atomic E-state index is 0.0492. The number of amides is 1. The lowest BCUT2D eigenvalue weighted by molar-refractivity contribution is 0.0951. The molecule has 0 radical (unpaired) electrons. The van der Waals surface area contributed by atoms with E-state index >= 15 is 0 Å². The summed E-state index contributed by atoms with van der Waals surface area (Å²) in [6.07, 6.45) is 2.12. The summed E-state index contributed by atoms with van der Waals surface area (Å²) in [5.74, 6) is -0.0152. The maximum absolute atomic E-state index is 13.7. The molecule has 0 unspecified atom stereocenters. The summed E-state index contributed by atoms with van der Waals surface area (Å²) in [6.45, 7) is 4.17. The number of hydrogen-bond acceptors (Lipinski definition) is 1. The van der Waals surface area contributed by atoms with Crippen molar-refractivity contribution in [2.75, 3.05) is 0 Å². The minimum atomic E-state index is -0.257. The molecule has 2 aromatic carbocycles. The molecule has 114 valence electrons. The van der Waals surface area contributed by atoms with Gasteiger partial charge in [-0.1, -0.05) is 32.0 Å². The summed E-state index contributed by atoms with van der Waals surface area (Å²) in [5.41, 5.74) is 3.45. The van der Waals surface area contributed by atoms with Crippen molar-refractivity contribution in [2.24, 2.45) is 0 Å². The molecule has 3 heteroatoms. The Morgan fingerprint density at radius 3 is 2.64 bits per heavy atom. The van der Waals surface area contributed by atoms with Crippen LogP contribution in [0.2, 0.25) is 0 Å². The average Bonchev–Trinajstić information content (AvgIpc) is 3.31. The third-order valence-electron chi connectivity index (χ3n) is 3.99. The molecule has 0 bridgehead atoms. The van der Waals surface area contributed by atoms with Crippen LogP contribution in [-0.2, 0) is 0 Å². The second kappa shape index (κ2) is 5.91. The molecule has 1 aliphatic carbocycles. The number of hydrogen-bond donors (Lipinski definition) is 1. The van der Waals surface area contributed by atoms with Gasteiger partial charge in [-0.2, -0.15) is 0 Å². The summed E-state index contributed by atoms with van der Waals surface area (Å²) in [4.78, 5) is 12.2. The van der Waals surface area contributed by atoms with Gasteiger partial charge in [0.25, 0.3) is 5.91 Å². The summed E-state index contributed by atoms with van der Waals surface area (Å²) in [6, 6.07) is 12.6. The van der Waals surface area contributed by atoms with Crippen LogP contribution in [0.25, 0.3) is 11.1 Å². The number of carbonyl (C=O) groups is 1. The standard InChI is InChI=1S/C19H20FNO/c1-12(2)17-9-6-15(20)11-18(17)13-4-3-5-14(10-13)19(22)21-16-7-8-16/h3-6,9-12,16H,7-8H2,1-2H3,(H,21,22). The molecule has 1 saturated carbocycles. The summed E-state index contributed by atoms with van der Waals surface area (Å²) in [5, 5.41) is 2.98. The van der Waals surface area contributed by atoms with Crippen molar-refractivity contribution < 1.29 is 9.18 Å². The summed E-state index contributed by atoms with van der Waals surface area (Å²) >= 11 is 0. The predicted octanol–water partition coefficient (Wildman–Crippen LogP) is 4.51. The Kier molecular flexibility index (Phi) is 3.97. The van der Waals surface area contributed by atoms with E-state index in [2.05, 4.69) is 19.2 Å². The first-order valence-corrected chi connectivity index (χ1v) is 7.75. The van der Waals surface area contributed by atoms with Gasteiger partial charge in [0.05, 0.1) is 0 Å². The Morgan fingerprint density at radius 2 is 1.95 bits per heavy atom. The van der Waals surface area contributed by atoms with Crippen LogP contribution in [0, 0.1) is 5.82 Å².